The van der Waals surface area contributed by atoms with Crippen molar-refractivity contribution in [3.63, 3.8) is 0 Å². The molecule has 32 heavy (non-hydrogen) atoms. The van der Waals surface area contributed by atoms with Gasteiger partial charge in [0.25, 0.3) is 0 Å². The average Bonchev–Trinajstić information content (AvgIpc) is 3.32. The van der Waals surface area contributed by atoms with Crippen LogP contribution in [0.25, 0.3) is 0 Å². The zero-order valence-corrected chi connectivity index (χ0v) is 18.5. The fourth-order valence-electron chi connectivity index (χ4n) is 6.09. The molecule has 168 valence electrons. The van der Waals surface area contributed by atoms with Crippen molar-refractivity contribution in [3.05, 3.63) is 77.6 Å². The lowest BCUT2D eigenvalue weighted by Gasteiger charge is -2.55. The van der Waals surface area contributed by atoms with E-state index >= 15 is 0 Å². The van der Waals surface area contributed by atoms with Gasteiger partial charge < -0.3 is 19.3 Å². The van der Waals surface area contributed by atoms with E-state index in [1.54, 1.807) is 0 Å². The highest BCUT2D eigenvalue weighted by atomic mass is 16.7. The van der Waals surface area contributed by atoms with Crippen LogP contribution < -0.4 is 4.74 Å². The molecule has 3 atom stereocenters. The van der Waals surface area contributed by atoms with Gasteiger partial charge in [-0.15, -0.1) is 0 Å². The van der Waals surface area contributed by atoms with Crippen LogP contribution in [0.15, 0.2) is 66.4 Å². The molecule has 0 bridgehead atoms. The largest absolute Gasteiger partial charge is 0.515 e. The molecule has 1 N–H and O–H groups in total. The number of carbonyl (C=O) groups excluding carboxylic acids is 1. The molecule has 1 heterocycles. The molecule has 2 aromatic carbocycles. The Morgan fingerprint density at radius 2 is 1.78 bits per heavy atom. The minimum Gasteiger partial charge on any atom is -0.515 e. The van der Waals surface area contributed by atoms with E-state index in [2.05, 4.69) is 6.92 Å². The Morgan fingerprint density at radius 1 is 1.06 bits per heavy atom. The standard InChI is InChI=1S/C27H30O5/c1-19-24-12-7-21(17-28)25(29)26(24,13-14-27(19)31-15-16-32-27)22-8-10-23(11-9-22)30-18-20-5-3-2-4-6-20/h2-6,8-11,17,19,24,28H,7,12-16,18H2,1H3/t19-,24-,26+/m0/s1. The molecular formula is C27H30O5. The van der Waals surface area contributed by atoms with Gasteiger partial charge >= 0.3 is 0 Å². The Kier molecular flexibility index (Phi) is 5.56. The first kappa shape index (κ1) is 21.2. The predicted octanol–water partition coefficient (Wildman–Crippen LogP) is 5.10. The molecule has 5 heteroatoms. The van der Waals surface area contributed by atoms with Gasteiger partial charge in [0, 0.05) is 17.9 Å². The summed E-state index contributed by atoms with van der Waals surface area (Å²) < 4.78 is 18.1. The first-order valence-electron chi connectivity index (χ1n) is 11.5. The number of fused-ring (bicyclic) bond motifs is 1. The van der Waals surface area contributed by atoms with Crippen LogP contribution in [0.1, 0.15) is 43.7 Å². The van der Waals surface area contributed by atoms with Crippen LogP contribution >= 0.6 is 0 Å². The highest BCUT2D eigenvalue weighted by molar-refractivity contribution is 6.04. The van der Waals surface area contributed by atoms with Crippen LogP contribution in [-0.2, 0) is 26.3 Å². The summed E-state index contributed by atoms with van der Waals surface area (Å²) in [6.45, 7) is 3.86. The third-order valence-corrected chi connectivity index (χ3v) is 7.77. The molecule has 3 aliphatic rings. The Labute approximate surface area is 189 Å². The van der Waals surface area contributed by atoms with Crippen molar-refractivity contribution < 1.29 is 24.1 Å². The quantitative estimate of drug-likeness (QED) is 0.536. The van der Waals surface area contributed by atoms with Crippen molar-refractivity contribution in [2.75, 3.05) is 13.2 Å². The summed E-state index contributed by atoms with van der Waals surface area (Å²) in [4.78, 5) is 13.7. The second-order valence-corrected chi connectivity index (χ2v) is 9.20. The minimum atomic E-state index is -0.676. The van der Waals surface area contributed by atoms with Crippen molar-refractivity contribution in [2.45, 2.75) is 50.4 Å². The summed E-state index contributed by atoms with van der Waals surface area (Å²) in [6.07, 6.45) is 3.72. The van der Waals surface area contributed by atoms with Crippen LogP contribution in [-0.4, -0.2) is 29.9 Å². The Balaban J connectivity index is 1.45. The highest BCUT2D eigenvalue weighted by Crippen LogP contribution is 2.58. The summed E-state index contributed by atoms with van der Waals surface area (Å²) in [5.74, 6) is 0.384. The molecule has 1 spiro atoms. The molecule has 0 amide bonds. The summed E-state index contributed by atoms with van der Waals surface area (Å²) in [5.41, 5.74) is 1.93. The maximum Gasteiger partial charge on any atom is 0.172 e. The smallest absolute Gasteiger partial charge is 0.172 e. The SMILES string of the molecule is C[C@H]1[C@@H]2CCC(=CO)C(=O)[C@@]2(c2ccc(OCc3ccccc3)cc2)CCC12OCCO2. The highest BCUT2D eigenvalue weighted by Gasteiger charge is 2.61. The molecule has 2 aromatic rings. The van der Waals surface area contributed by atoms with Crippen LogP contribution in [0.5, 0.6) is 5.75 Å². The van der Waals surface area contributed by atoms with Crippen LogP contribution in [0.3, 0.4) is 0 Å². The summed E-state index contributed by atoms with van der Waals surface area (Å²) in [6, 6.07) is 18.0. The molecule has 1 saturated heterocycles. The summed E-state index contributed by atoms with van der Waals surface area (Å²) >= 11 is 0. The fourth-order valence-corrected chi connectivity index (χ4v) is 6.09. The van der Waals surface area contributed by atoms with Crippen LogP contribution in [0, 0.1) is 11.8 Å². The first-order valence-corrected chi connectivity index (χ1v) is 11.5. The van der Waals surface area contributed by atoms with Gasteiger partial charge in [-0.2, -0.15) is 0 Å². The number of rotatable bonds is 4. The van der Waals surface area contributed by atoms with Crippen molar-refractivity contribution >= 4 is 5.78 Å². The number of ether oxygens (including phenoxy) is 3. The van der Waals surface area contributed by atoms with Crippen molar-refractivity contribution in [3.8, 4) is 5.75 Å². The van der Waals surface area contributed by atoms with E-state index in [4.69, 9.17) is 14.2 Å². The zero-order chi connectivity index (χ0) is 22.2. The normalized spacial score (nSPS) is 30.4. The number of hydrogen-bond acceptors (Lipinski definition) is 5. The van der Waals surface area contributed by atoms with Gasteiger partial charge in [-0.25, -0.2) is 0 Å². The molecule has 0 unspecified atom stereocenters. The van der Waals surface area contributed by atoms with E-state index in [9.17, 15) is 9.90 Å². The van der Waals surface area contributed by atoms with Crippen molar-refractivity contribution in [2.24, 2.45) is 11.8 Å². The molecule has 2 aliphatic carbocycles. The number of aliphatic hydroxyl groups excluding tert-OH is 1. The van der Waals surface area contributed by atoms with Crippen molar-refractivity contribution in [1.29, 1.82) is 0 Å². The van der Waals surface area contributed by atoms with Crippen LogP contribution in [0.2, 0.25) is 0 Å². The second-order valence-electron chi connectivity index (χ2n) is 9.20. The van der Waals surface area contributed by atoms with E-state index in [1.165, 1.54) is 0 Å². The molecule has 0 aromatic heterocycles. The number of aliphatic hydroxyl groups is 1. The lowest BCUT2D eigenvalue weighted by molar-refractivity contribution is -0.234. The van der Waals surface area contributed by atoms with Crippen molar-refractivity contribution in [1.82, 2.24) is 0 Å². The second kappa shape index (κ2) is 8.38. The van der Waals surface area contributed by atoms with Gasteiger partial charge in [0.2, 0.25) is 0 Å². The molecule has 5 nitrogen and oxygen atoms in total. The molecule has 2 saturated carbocycles. The van der Waals surface area contributed by atoms with Crippen LogP contribution in [0.4, 0.5) is 0 Å². The van der Waals surface area contributed by atoms with Gasteiger partial charge in [-0.05, 0) is 48.4 Å². The van der Waals surface area contributed by atoms with Gasteiger partial charge in [0.05, 0.1) is 24.9 Å². The van der Waals surface area contributed by atoms with Gasteiger partial charge in [0.15, 0.2) is 11.6 Å². The number of carbonyl (C=O) groups is 1. The van der Waals surface area contributed by atoms with E-state index in [0.29, 0.717) is 44.7 Å². The fraction of sp³-hybridized carbons (Fsp3) is 0.444. The van der Waals surface area contributed by atoms with E-state index in [0.717, 1.165) is 29.6 Å². The lowest BCUT2D eigenvalue weighted by Crippen LogP contribution is -2.59. The van der Waals surface area contributed by atoms with Gasteiger partial charge in [-0.3, -0.25) is 4.79 Å². The third-order valence-electron chi connectivity index (χ3n) is 7.77. The number of allylic oxidation sites excluding steroid dienone is 1. The number of hydrogen-bond donors (Lipinski definition) is 1. The Morgan fingerprint density at radius 3 is 2.47 bits per heavy atom. The molecule has 1 aliphatic heterocycles. The molecule has 5 rings (SSSR count). The molecule has 3 fully saturated rings. The molecular weight excluding hydrogens is 404 g/mol. The monoisotopic (exact) mass is 434 g/mol. The maximum absolute atomic E-state index is 13.7. The zero-order valence-electron chi connectivity index (χ0n) is 18.5. The Hall–Kier alpha value is -2.63. The van der Waals surface area contributed by atoms with E-state index in [-0.39, 0.29) is 17.6 Å². The minimum absolute atomic E-state index is 0.0360. The average molecular weight is 435 g/mol. The molecule has 0 radical (unpaired) electrons. The summed E-state index contributed by atoms with van der Waals surface area (Å²) in [5, 5.41) is 9.75. The Bertz CT molecular complexity index is 990. The van der Waals surface area contributed by atoms with Gasteiger partial charge in [-0.1, -0.05) is 49.4 Å². The predicted molar refractivity (Wildman–Crippen MR) is 120 cm³/mol. The third kappa shape index (κ3) is 3.35. The van der Waals surface area contributed by atoms with E-state index in [1.807, 2.05) is 54.6 Å². The van der Waals surface area contributed by atoms with Gasteiger partial charge in [0.1, 0.15) is 12.4 Å². The first-order chi connectivity index (χ1) is 15.6. The van der Waals surface area contributed by atoms with E-state index < -0.39 is 11.2 Å². The lowest BCUT2D eigenvalue weighted by atomic mass is 9.51. The summed E-state index contributed by atoms with van der Waals surface area (Å²) in [7, 11) is 0. The maximum atomic E-state index is 13.7. The topological polar surface area (TPSA) is 65.0 Å². The number of Topliss-reactive ketones (excluding diaryl/α,β-unsaturated/α-hetero) is 1. The number of ketones is 1. The number of benzene rings is 2.